The number of esters is 1. The predicted molar refractivity (Wildman–Crippen MR) is 97.9 cm³/mol. The van der Waals surface area contributed by atoms with E-state index in [-0.39, 0.29) is 6.04 Å². The monoisotopic (exact) mass is 341 g/mol. The lowest BCUT2D eigenvalue weighted by molar-refractivity contribution is -0.162. The van der Waals surface area contributed by atoms with Crippen LogP contribution in [0.3, 0.4) is 0 Å². The first-order chi connectivity index (χ1) is 12.1. The van der Waals surface area contributed by atoms with E-state index >= 15 is 0 Å². The Hall–Kier alpha value is -1.91. The number of ether oxygens (including phenoxy) is 1. The molecule has 4 heteroatoms. The van der Waals surface area contributed by atoms with Crippen LogP contribution in [-0.2, 0) is 16.1 Å². The molecule has 3 rings (SSSR count). The molecular formula is C21H27NO3. The van der Waals surface area contributed by atoms with Gasteiger partial charge < -0.3 is 9.84 Å². The first-order valence-corrected chi connectivity index (χ1v) is 9.05. The van der Waals surface area contributed by atoms with Crippen LogP contribution in [0.4, 0.5) is 0 Å². The Morgan fingerprint density at radius 2 is 2.08 bits per heavy atom. The predicted octanol–water partition coefficient (Wildman–Crippen LogP) is 3.22. The van der Waals surface area contributed by atoms with E-state index in [0.29, 0.717) is 12.8 Å². The van der Waals surface area contributed by atoms with Crippen LogP contribution < -0.4 is 0 Å². The molecule has 0 saturated heterocycles. The quantitative estimate of drug-likeness (QED) is 0.807. The maximum Gasteiger partial charge on any atom is 0.337 e. The highest BCUT2D eigenvalue weighted by Gasteiger charge is 2.46. The van der Waals surface area contributed by atoms with E-state index in [9.17, 15) is 9.90 Å². The Morgan fingerprint density at radius 3 is 2.76 bits per heavy atom. The third-order valence-corrected chi connectivity index (χ3v) is 5.23. The highest BCUT2D eigenvalue weighted by Crippen LogP contribution is 2.35. The van der Waals surface area contributed by atoms with Crippen molar-refractivity contribution in [2.24, 2.45) is 0 Å². The van der Waals surface area contributed by atoms with Crippen molar-refractivity contribution in [1.29, 1.82) is 0 Å². The number of carbonyl (C=O) groups is 1. The van der Waals surface area contributed by atoms with Gasteiger partial charge in [0.15, 0.2) is 5.60 Å². The van der Waals surface area contributed by atoms with Crippen molar-refractivity contribution >= 4 is 5.97 Å². The third kappa shape index (κ3) is 4.39. The fourth-order valence-corrected chi connectivity index (χ4v) is 3.84. The molecule has 1 unspecified atom stereocenters. The molecule has 0 radical (unpaired) electrons. The standard InChI is InChI=1S/C21H27NO3/c1-25-20(23)21(24)13-12-19(14-21)22(15-17-8-4-2-5-9-17)16-18-10-6-3-7-11-18/h2,4-6,8-11,19,24H,3,7,12-16H2,1H3/t19-,21?/m0/s1. The second kappa shape index (κ2) is 7.98. The average molecular weight is 341 g/mol. The Kier molecular flexibility index (Phi) is 5.71. The second-order valence-electron chi connectivity index (χ2n) is 7.07. The Bertz CT molecular complexity index is 652. The average Bonchev–Trinajstić information content (AvgIpc) is 3.06. The van der Waals surface area contributed by atoms with E-state index in [0.717, 1.165) is 32.4 Å². The largest absolute Gasteiger partial charge is 0.467 e. The molecule has 134 valence electrons. The maximum absolute atomic E-state index is 11.9. The first kappa shape index (κ1) is 17.9. The summed E-state index contributed by atoms with van der Waals surface area (Å²) in [6.45, 7) is 1.65. The SMILES string of the molecule is COC(=O)C1(O)CC[C@H](N(CC2=CCCC=C2)Cc2ccccc2)C1. The van der Waals surface area contributed by atoms with E-state index in [2.05, 4.69) is 35.3 Å². The van der Waals surface area contributed by atoms with Crippen molar-refractivity contribution in [3.63, 3.8) is 0 Å². The Labute approximate surface area is 149 Å². The molecule has 1 saturated carbocycles. The Morgan fingerprint density at radius 1 is 1.28 bits per heavy atom. The number of hydrogen-bond acceptors (Lipinski definition) is 4. The van der Waals surface area contributed by atoms with Crippen LogP contribution in [0.5, 0.6) is 0 Å². The van der Waals surface area contributed by atoms with Gasteiger partial charge in [-0.25, -0.2) is 4.79 Å². The van der Waals surface area contributed by atoms with Crippen LogP contribution in [0, 0.1) is 0 Å². The van der Waals surface area contributed by atoms with Gasteiger partial charge in [-0.1, -0.05) is 48.6 Å². The smallest absolute Gasteiger partial charge is 0.337 e. The molecule has 2 aliphatic carbocycles. The lowest BCUT2D eigenvalue weighted by atomic mass is 10.0. The lowest BCUT2D eigenvalue weighted by Gasteiger charge is -2.31. The molecule has 0 aliphatic heterocycles. The van der Waals surface area contributed by atoms with Gasteiger partial charge in [0.05, 0.1) is 7.11 Å². The molecule has 1 aromatic rings. The van der Waals surface area contributed by atoms with E-state index < -0.39 is 11.6 Å². The number of benzene rings is 1. The molecule has 1 fully saturated rings. The summed E-state index contributed by atoms with van der Waals surface area (Å²) >= 11 is 0. The Balaban J connectivity index is 1.75. The molecule has 0 spiro atoms. The van der Waals surface area contributed by atoms with Gasteiger partial charge in [-0.2, -0.15) is 0 Å². The highest BCUT2D eigenvalue weighted by molar-refractivity contribution is 5.79. The summed E-state index contributed by atoms with van der Waals surface area (Å²) in [4.78, 5) is 14.3. The number of aliphatic hydroxyl groups is 1. The minimum atomic E-state index is -1.34. The number of methoxy groups -OCH3 is 1. The van der Waals surface area contributed by atoms with E-state index in [1.165, 1.54) is 18.2 Å². The fraction of sp³-hybridized carbons (Fsp3) is 0.476. The molecule has 2 aliphatic rings. The van der Waals surface area contributed by atoms with Crippen LogP contribution in [0.25, 0.3) is 0 Å². The van der Waals surface area contributed by atoms with Crippen LogP contribution in [0.1, 0.15) is 37.7 Å². The van der Waals surface area contributed by atoms with E-state index in [1.54, 1.807) is 0 Å². The van der Waals surface area contributed by atoms with Gasteiger partial charge in [-0.05, 0) is 36.8 Å². The summed E-state index contributed by atoms with van der Waals surface area (Å²) in [5.74, 6) is -0.508. The summed E-state index contributed by atoms with van der Waals surface area (Å²) < 4.78 is 4.80. The number of hydrogen-bond donors (Lipinski definition) is 1. The van der Waals surface area contributed by atoms with Crippen molar-refractivity contribution in [1.82, 2.24) is 4.90 Å². The van der Waals surface area contributed by atoms with E-state index in [1.807, 2.05) is 18.2 Å². The van der Waals surface area contributed by atoms with Crippen LogP contribution >= 0.6 is 0 Å². The molecule has 0 heterocycles. The number of carbonyl (C=O) groups excluding carboxylic acids is 1. The van der Waals surface area contributed by atoms with Crippen molar-refractivity contribution in [2.75, 3.05) is 13.7 Å². The van der Waals surface area contributed by atoms with E-state index in [4.69, 9.17) is 4.74 Å². The summed E-state index contributed by atoms with van der Waals surface area (Å²) in [5, 5.41) is 10.6. The summed E-state index contributed by atoms with van der Waals surface area (Å²) in [6, 6.07) is 10.5. The van der Waals surface area contributed by atoms with Crippen molar-refractivity contribution in [3.05, 3.63) is 59.7 Å². The zero-order valence-electron chi connectivity index (χ0n) is 14.9. The van der Waals surface area contributed by atoms with Crippen molar-refractivity contribution in [2.45, 2.75) is 50.3 Å². The van der Waals surface area contributed by atoms with Gasteiger partial charge in [0, 0.05) is 25.6 Å². The lowest BCUT2D eigenvalue weighted by Crippen LogP contribution is -2.41. The van der Waals surface area contributed by atoms with Crippen LogP contribution in [0.15, 0.2) is 54.1 Å². The second-order valence-corrected chi connectivity index (χ2v) is 7.07. The molecule has 1 N–H and O–H groups in total. The third-order valence-electron chi connectivity index (χ3n) is 5.23. The molecule has 0 aromatic heterocycles. The minimum absolute atomic E-state index is 0.167. The first-order valence-electron chi connectivity index (χ1n) is 9.05. The molecule has 0 amide bonds. The topological polar surface area (TPSA) is 49.8 Å². The molecule has 25 heavy (non-hydrogen) atoms. The van der Waals surface area contributed by atoms with Gasteiger partial charge >= 0.3 is 5.97 Å². The minimum Gasteiger partial charge on any atom is -0.467 e. The van der Waals surface area contributed by atoms with Crippen LogP contribution in [0.2, 0.25) is 0 Å². The maximum atomic E-state index is 11.9. The molecule has 4 nitrogen and oxygen atoms in total. The van der Waals surface area contributed by atoms with Gasteiger partial charge in [0.1, 0.15) is 0 Å². The van der Waals surface area contributed by atoms with Gasteiger partial charge in [-0.3, -0.25) is 4.90 Å². The highest BCUT2D eigenvalue weighted by atomic mass is 16.5. The normalized spacial score (nSPS) is 25.9. The zero-order valence-corrected chi connectivity index (χ0v) is 14.9. The van der Waals surface area contributed by atoms with Crippen molar-refractivity contribution in [3.8, 4) is 0 Å². The number of nitrogens with zero attached hydrogens (tertiary/aromatic N) is 1. The molecule has 1 aromatic carbocycles. The van der Waals surface area contributed by atoms with Crippen LogP contribution in [-0.4, -0.2) is 41.3 Å². The number of allylic oxidation sites excluding steroid dienone is 2. The zero-order chi connectivity index (χ0) is 17.7. The van der Waals surface area contributed by atoms with Crippen molar-refractivity contribution < 1.29 is 14.6 Å². The van der Waals surface area contributed by atoms with Gasteiger partial charge in [-0.15, -0.1) is 0 Å². The fourth-order valence-electron chi connectivity index (χ4n) is 3.84. The summed E-state index contributed by atoms with van der Waals surface area (Å²) in [5.41, 5.74) is 1.22. The summed E-state index contributed by atoms with van der Waals surface area (Å²) in [6.07, 6.45) is 10.6. The molecular weight excluding hydrogens is 314 g/mol. The summed E-state index contributed by atoms with van der Waals surface area (Å²) in [7, 11) is 1.34. The molecule has 2 atom stereocenters. The van der Waals surface area contributed by atoms with Gasteiger partial charge in [0.2, 0.25) is 0 Å². The number of rotatable bonds is 6. The van der Waals surface area contributed by atoms with Gasteiger partial charge in [0.25, 0.3) is 0 Å². The molecule has 0 bridgehead atoms.